The van der Waals surface area contributed by atoms with E-state index in [4.69, 9.17) is 9.47 Å². The molecule has 1 heterocycles. The Morgan fingerprint density at radius 1 is 1.23 bits per heavy atom. The zero-order chi connectivity index (χ0) is 18.5. The summed E-state index contributed by atoms with van der Waals surface area (Å²) < 4.78 is 10.9. The van der Waals surface area contributed by atoms with Gasteiger partial charge in [0, 0.05) is 13.0 Å². The molecule has 2 aromatic rings. The van der Waals surface area contributed by atoms with Crippen LogP contribution < -0.4 is 14.8 Å². The van der Waals surface area contributed by atoms with Gasteiger partial charge in [-0.2, -0.15) is 0 Å². The number of para-hydroxylation sites is 2. The van der Waals surface area contributed by atoms with Crippen molar-refractivity contribution < 1.29 is 24.2 Å². The number of carbonyl (C=O) groups is 2. The molecule has 1 aliphatic heterocycles. The number of fused-ring (bicyclic) bond motifs is 1. The summed E-state index contributed by atoms with van der Waals surface area (Å²) in [4.78, 5) is 24.0. The predicted molar refractivity (Wildman–Crippen MR) is 95.4 cm³/mol. The number of rotatable bonds is 7. The molecule has 3 rings (SSSR count). The van der Waals surface area contributed by atoms with Gasteiger partial charge in [-0.25, -0.2) is 0 Å². The van der Waals surface area contributed by atoms with E-state index >= 15 is 0 Å². The van der Waals surface area contributed by atoms with Gasteiger partial charge in [-0.1, -0.05) is 36.4 Å². The Morgan fingerprint density at radius 3 is 2.69 bits per heavy atom. The standard InChI is InChI=1S/C20H21NO5/c1-25-16-8-4-2-6-13(16)10-15(20(23)24)12-21-19(22)18-11-14-7-3-5-9-17(14)26-18/h2-9,15,18H,10-12H2,1H3,(H,21,22)(H,23,24). The average Bonchev–Trinajstić information content (AvgIpc) is 3.09. The minimum Gasteiger partial charge on any atom is -0.496 e. The fraction of sp³-hybridized carbons (Fsp3) is 0.300. The van der Waals surface area contributed by atoms with Crippen LogP contribution in [0.3, 0.4) is 0 Å². The zero-order valence-corrected chi connectivity index (χ0v) is 14.5. The van der Waals surface area contributed by atoms with Crippen molar-refractivity contribution in [3.63, 3.8) is 0 Å². The van der Waals surface area contributed by atoms with Crippen molar-refractivity contribution >= 4 is 11.9 Å². The number of aliphatic carboxylic acids is 1. The summed E-state index contributed by atoms with van der Waals surface area (Å²) in [7, 11) is 1.55. The second-order valence-electron chi connectivity index (χ2n) is 6.21. The van der Waals surface area contributed by atoms with Crippen LogP contribution in [0.2, 0.25) is 0 Å². The number of nitrogens with one attached hydrogen (secondary N) is 1. The van der Waals surface area contributed by atoms with Crippen molar-refractivity contribution in [2.45, 2.75) is 18.9 Å². The van der Waals surface area contributed by atoms with Gasteiger partial charge in [-0.15, -0.1) is 0 Å². The second-order valence-corrected chi connectivity index (χ2v) is 6.21. The Kier molecular flexibility index (Phi) is 5.41. The van der Waals surface area contributed by atoms with Crippen molar-refractivity contribution in [1.29, 1.82) is 0 Å². The van der Waals surface area contributed by atoms with E-state index in [1.807, 2.05) is 42.5 Å². The molecule has 1 aliphatic rings. The minimum absolute atomic E-state index is 0.0302. The number of carboxylic acids is 1. The van der Waals surface area contributed by atoms with E-state index in [1.54, 1.807) is 13.2 Å². The van der Waals surface area contributed by atoms with E-state index < -0.39 is 18.0 Å². The van der Waals surface area contributed by atoms with E-state index in [1.165, 1.54) is 0 Å². The summed E-state index contributed by atoms with van der Waals surface area (Å²) >= 11 is 0. The summed E-state index contributed by atoms with van der Waals surface area (Å²) in [6, 6.07) is 14.8. The molecule has 2 unspecified atom stereocenters. The Morgan fingerprint density at radius 2 is 1.96 bits per heavy atom. The first-order valence-corrected chi connectivity index (χ1v) is 8.45. The molecule has 0 fully saturated rings. The molecule has 6 heteroatoms. The Bertz CT molecular complexity index is 779. The zero-order valence-electron chi connectivity index (χ0n) is 14.5. The van der Waals surface area contributed by atoms with Gasteiger partial charge in [0.1, 0.15) is 11.5 Å². The highest BCUT2D eigenvalue weighted by molar-refractivity contribution is 5.83. The van der Waals surface area contributed by atoms with E-state index in [0.29, 0.717) is 17.9 Å². The van der Waals surface area contributed by atoms with E-state index in [9.17, 15) is 14.7 Å². The lowest BCUT2D eigenvalue weighted by molar-refractivity contribution is -0.141. The highest BCUT2D eigenvalue weighted by Crippen LogP contribution is 2.28. The molecule has 0 saturated carbocycles. The van der Waals surface area contributed by atoms with Gasteiger partial charge in [0.05, 0.1) is 13.0 Å². The highest BCUT2D eigenvalue weighted by atomic mass is 16.5. The number of benzene rings is 2. The summed E-state index contributed by atoms with van der Waals surface area (Å²) in [5.74, 6) is -0.672. The maximum absolute atomic E-state index is 12.4. The first-order valence-electron chi connectivity index (χ1n) is 8.45. The molecule has 0 radical (unpaired) electrons. The van der Waals surface area contributed by atoms with Crippen LogP contribution in [0.1, 0.15) is 11.1 Å². The van der Waals surface area contributed by atoms with Gasteiger partial charge in [0.15, 0.2) is 6.10 Å². The molecule has 136 valence electrons. The van der Waals surface area contributed by atoms with Crippen LogP contribution >= 0.6 is 0 Å². The van der Waals surface area contributed by atoms with Gasteiger partial charge in [-0.3, -0.25) is 9.59 Å². The topological polar surface area (TPSA) is 84.9 Å². The lowest BCUT2D eigenvalue weighted by Crippen LogP contribution is -2.41. The molecule has 1 amide bonds. The largest absolute Gasteiger partial charge is 0.496 e. The maximum Gasteiger partial charge on any atom is 0.308 e. The molecule has 2 aromatic carbocycles. The quantitative estimate of drug-likeness (QED) is 0.794. The van der Waals surface area contributed by atoms with E-state index in [-0.39, 0.29) is 18.9 Å². The molecule has 0 spiro atoms. The van der Waals surface area contributed by atoms with Gasteiger partial charge < -0.3 is 19.9 Å². The SMILES string of the molecule is COc1ccccc1CC(CNC(=O)C1Cc2ccccc2O1)C(=O)O. The molecule has 2 atom stereocenters. The summed E-state index contributed by atoms with van der Waals surface area (Å²) in [5, 5.41) is 12.2. The number of ether oxygens (including phenoxy) is 2. The molecule has 0 saturated heterocycles. The van der Waals surface area contributed by atoms with Crippen molar-refractivity contribution in [2.75, 3.05) is 13.7 Å². The van der Waals surface area contributed by atoms with Crippen LogP contribution in [0.5, 0.6) is 11.5 Å². The van der Waals surface area contributed by atoms with Crippen LogP contribution in [0.15, 0.2) is 48.5 Å². The summed E-state index contributed by atoms with van der Waals surface area (Å²) in [6.45, 7) is 0.0302. The molecule has 26 heavy (non-hydrogen) atoms. The maximum atomic E-state index is 12.4. The monoisotopic (exact) mass is 355 g/mol. The van der Waals surface area contributed by atoms with Crippen LogP contribution in [-0.4, -0.2) is 36.7 Å². The van der Waals surface area contributed by atoms with E-state index in [0.717, 1.165) is 11.1 Å². The van der Waals surface area contributed by atoms with Gasteiger partial charge in [-0.05, 0) is 29.7 Å². The Hall–Kier alpha value is -3.02. The Balaban J connectivity index is 1.59. The number of methoxy groups -OCH3 is 1. The average molecular weight is 355 g/mol. The fourth-order valence-electron chi connectivity index (χ4n) is 3.05. The first kappa shape index (κ1) is 17.8. The van der Waals surface area contributed by atoms with Crippen molar-refractivity contribution in [3.8, 4) is 11.5 Å². The Labute approximate surface area is 151 Å². The molecule has 0 aromatic heterocycles. The fourth-order valence-corrected chi connectivity index (χ4v) is 3.05. The lowest BCUT2D eigenvalue weighted by Gasteiger charge is -2.17. The third-order valence-corrected chi connectivity index (χ3v) is 4.47. The van der Waals surface area contributed by atoms with Crippen molar-refractivity contribution in [2.24, 2.45) is 5.92 Å². The number of amides is 1. The molecule has 0 aliphatic carbocycles. The number of carboxylic acid groups (broad SMARTS) is 1. The van der Waals surface area contributed by atoms with Crippen molar-refractivity contribution in [3.05, 3.63) is 59.7 Å². The number of carbonyl (C=O) groups excluding carboxylic acids is 1. The van der Waals surface area contributed by atoms with Crippen LogP contribution in [0.4, 0.5) is 0 Å². The summed E-state index contributed by atoms with van der Waals surface area (Å²) in [6.07, 6.45) is 0.144. The molecular weight excluding hydrogens is 334 g/mol. The number of hydrogen-bond acceptors (Lipinski definition) is 4. The molecule has 6 nitrogen and oxygen atoms in total. The van der Waals surface area contributed by atoms with Gasteiger partial charge in [0.25, 0.3) is 5.91 Å². The van der Waals surface area contributed by atoms with Crippen LogP contribution in [0.25, 0.3) is 0 Å². The third kappa shape index (κ3) is 3.96. The van der Waals surface area contributed by atoms with Gasteiger partial charge >= 0.3 is 5.97 Å². The normalized spacial score (nSPS) is 16.3. The molecule has 0 bridgehead atoms. The minimum atomic E-state index is -0.966. The first-order chi connectivity index (χ1) is 12.6. The van der Waals surface area contributed by atoms with E-state index in [2.05, 4.69) is 5.32 Å². The predicted octanol–water partition coefficient (Wildman–Crippen LogP) is 2.06. The molecule has 2 N–H and O–H groups in total. The van der Waals surface area contributed by atoms with Crippen molar-refractivity contribution in [1.82, 2.24) is 5.32 Å². The smallest absolute Gasteiger partial charge is 0.308 e. The summed E-state index contributed by atoms with van der Waals surface area (Å²) in [5.41, 5.74) is 1.78. The highest BCUT2D eigenvalue weighted by Gasteiger charge is 2.30. The van der Waals surface area contributed by atoms with Crippen LogP contribution in [0, 0.1) is 5.92 Å². The second kappa shape index (κ2) is 7.91. The van der Waals surface area contributed by atoms with Gasteiger partial charge in [0.2, 0.25) is 0 Å². The molecular formula is C20H21NO5. The number of hydrogen-bond donors (Lipinski definition) is 2. The lowest BCUT2D eigenvalue weighted by atomic mass is 9.98. The van der Waals surface area contributed by atoms with Crippen LogP contribution in [-0.2, 0) is 22.4 Å². The third-order valence-electron chi connectivity index (χ3n) is 4.47.